The van der Waals surface area contributed by atoms with E-state index in [2.05, 4.69) is 10.2 Å². The highest BCUT2D eigenvalue weighted by molar-refractivity contribution is 14.0. The Morgan fingerprint density at radius 3 is 2.12 bits per heavy atom. The first-order valence-electron chi connectivity index (χ1n) is 2.44. The Balaban J connectivity index is 0. The van der Waals surface area contributed by atoms with Crippen molar-refractivity contribution in [3.8, 4) is 0 Å². The summed E-state index contributed by atoms with van der Waals surface area (Å²) in [6.45, 7) is 4.00. The molecule has 1 aromatic heterocycles. The number of aromatic nitrogens is 2. The molecule has 0 aliphatic heterocycles. The van der Waals surface area contributed by atoms with Crippen molar-refractivity contribution in [3.05, 3.63) is 18.5 Å². The maximum atomic E-state index is 3.60. The molecule has 1 aromatic rings. The average molecular weight is 226 g/mol. The second-order valence-electron chi connectivity index (χ2n) is 0.766. The Morgan fingerprint density at radius 1 is 1.38 bits per heavy atom. The molecule has 2 nitrogen and oxygen atoms in total. The Kier molecular flexibility index (Phi) is 13.6. The molecule has 0 aliphatic carbocycles. The fourth-order valence-corrected chi connectivity index (χ4v) is 0.215. The van der Waals surface area contributed by atoms with Gasteiger partial charge < -0.3 is 0 Å². The highest BCUT2D eigenvalue weighted by atomic mass is 127. The van der Waals surface area contributed by atoms with Gasteiger partial charge in [0.1, 0.15) is 0 Å². The smallest absolute Gasteiger partial charge is 0.0487 e. The van der Waals surface area contributed by atoms with E-state index in [1.165, 1.54) is 0 Å². The fourth-order valence-electron chi connectivity index (χ4n) is 0.215. The molecule has 0 aromatic carbocycles. The maximum absolute atomic E-state index is 3.60. The van der Waals surface area contributed by atoms with Crippen LogP contribution in [0.25, 0.3) is 0 Å². The van der Waals surface area contributed by atoms with Crippen molar-refractivity contribution in [3.63, 3.8) is 0 Å². The van der Waals surface area contributed by atoms with Gasteiger partial charge in [0.05, 0.1) is 0 Å². The zero-order chi connectivity index (χ0) is 5.54. The summed E-state index contributed by atoms with van der Waals surface area (Å²) in [7, 11) is 0. The summed E-state index contributed by atoms with van der Waals surface area (Å²) < 4.78 is 0. The molecule has 0 aliphatic rings. The largest absolute Gasteiger partial charge is 0.286 e. The van der Waals surface area contributed by atoms with Crippen LogP contribution in [0.15, 0.2) is 18.5 Å². The summed E-state index contributed by atoms with van der Waals surface area (Å²) >= 11 is 0. The molecule has 48 valence electrons. The van der Waals surface area contributed by atoms with Gasteiger partial charge >= 0.3 is 0 Å². The van der Waals surface area contributed by atoms with Gasteiger partial charge in [-0.2, -0.15) is 5.10 Å². The number of halogens is 1. The quantitative estimate of drug-likeness (QED) is 0.674. The minimum absolute atomic E-state index is 0. The Morgan fingerprint density at radius 2 is 2.00 bits per heavy atom. The van der Waals surface area contributed by atoms with Gasteiger partial charge in [0.15, 0.2) is 0 Å². The number of nitrogens with zero attached hydrogens (tertiary/aromatic N) is 1. The van der Waals surface area contributed by atoms with Crippen LogP contribution >= 0.6 is 24.0 Å². The van der Waals surface area contributed by atoms with E-state index in [0.717, 1.165) is 0 Å². The molecule has 0 unspecified atom stereocenters. The van der Waals surface area contributed by atoms with Gasteiger partial charge in [-0.25, -0.2) is 0 Å². The van der Waals surface area contributed by atoms with E-state index in [4.69, 9.17) is 0 Å². The first-order valence-corrected chi connectivity index (χ1v) is 2.44. The summed E-state index contributed by atoms with van der Waals surface area (Å²) in [4.78, 5) is 0. The van der Waals surface area contributed by atoms with Gasteiger partial charge in [-0.05, 0) is 6.07 Å². The van der Waals surface area contributed by atoms with Gasteiger partial charge in [0, 0.05) is 12.4 Å². The van der Waals surface area contributed by atoms with Crippen molar-refractivity contribution < 1.29 is 0 Å². The van der Waals surface area contributed by atoms with E-state index in [9.17, 15) is 0 Å². The van der Waals surface area contributed by atoms with Crippen LogP contribution in [-0.4, -0.2) is 10.2 Å². The minimum atomic E-state index is 0. The lowest BCUT2D eigenvalue weighted by molar-refractivity contribution is 1.09. The van der Waals surface area contributed by atoms with E-state index < -0.39 is 0 Å². The van der Waals surface area contributed by atoms with Gasteiger partial charge in [0.2, 0.25) is 0 Å². The third-order valence-corrected chi connectivity index (χ3v) is 0.406. The van der Waals surface area contributed by atoms with Crippen molar-refractivity contribution in [2.45, 2.75) is 13.8 Å². The zero-order valence-electron chi connectivity index (χ0n) is 5.09. The maximum Gasteiger partial charge on any atom is 0.0487 e. The van der Waals surface area contributed by atoms with Crippen LogP contribution in [0.1, 0.15) is 13.8 Å². The van der Waals surface area contributed by atoms with Crippen LogP contribution in [0, 0.1) is 0 Å². The lowest BCUT2D eigenvalue weighted by atomic mass is 10.8. The number of hydrogen-bond donors (Lipinski definition) is 1. The van der Waals surface area contributed by atoms with E-state index >= 15 is 0 Å². The Labute approximate surface area is 66.7 Å². The Bertz CT molecular complexity index is 66.9. The number of hydrogen-bond acceptors (Lipinski definition) is 1. The number of nitrogens with one attached hydrogen (secondary N) is 1. The van der Waals surface area contributed by atoms with E-state index in [-0.39, 0.29) is 24.0 Å². The molecule has 0 saturated heterocycles. The van der Waals surface area contributed by atoms with E-state index in [1.807, 2.05) is 19.9 Å². The first-order chi connectivity index (χ1) is 3.50. The molecule has 0 bridgehead atoms. The van der Waals surface area contributed by atoms with Crippen molar-refractivity contribution in [1.82, 2.24) is 10.2 Å². The normalized spacial score (nSPS) is 5.75. The zero-order valence-corrected chi connectivity index (χ0v) is 7.42. The van der Waals surface area contributed by atoms with Gasteiger partial charge in [-0.3, -0.25) is 5.10 Å². The second-order valence-corrected chi connectivity index (χ2v) is 0.766. The summed E-state index contributed by atoms with van der Waals surface area (Å²) in [6.07, 6.45) is 3.46. The molecular formula is C5H11IN2. The molecule has 8 heavy (non-hydrogen) atoms. The third-order valence-electron chi connectivity index (χ3n) is 0.406. The van der Waals surface area contributed by atoms with Crippen LogP contribution in [0.3, 0.4) is 0 Å². The standard InChI is InChI=1S/C3H4N2.C2H6.HI/c1-2-4-5-3-1;1-2;/h1-3H,(H,4,5);1-2H3;1H. The molecule has 0 atom stereocenters. The second kappa shape index (κ2) is 10.0. The highest BCUT2D eigenvalue weighted by Gasteiger charge is 1.56. The van der Waals surface area contributed by atoms with Crippen LogP contribution in [0.4, 0.5) is 0 Å². The molecule has 3 heteroatoms. The first kappa shape index (κ1) is 10.8. The molecule has 1 heterocycles. The van der Waals surface area contributed by atoms with Crippen molar-refractivity contribution >= 4 is 24.0 Å². The highest BCUT2D eigenvalue weighted by Crippen LogP contribution is 1.64. The molecule has 0 fully saturated rings. The molecule has 0 radical (unpaired) electrons. The fraction of sp³-hybridized carbons (Fsp3) is 0.400. The molecule has 0 spiro atoms. The SMILES string of the molecule is CC.I.c1cn[nH]c1. The lowest BCUT2D eigenvalue weighted by Crippen LogP contribution is -1.53. The predicted octanol–water partition coefficient (Wildman–Crippen LogP) is 2.05. The van der Waals surface area contributed by atoms with E-state index in [0.29, 0.717) is 0 Å². The van der Waals surface area contributed by atoms with Gasteiger partial charge in [0.25, 0.3) is 0 Å². The monoisotopic (exact) mass is 226 g/mol. The predicted molar refractivity (Wildman–Crippen MR) is 45.4 cm³/mol. The van der Waals surface area contributed by atoms with Gasteiger partial charge in [-0.15, -0.1) is 24.0 Å². The van der Waals surface area contributed by atoms with Gasteiger partial charge in [-0.1, -0.05) is 13.8 Å². The lowest BCUT2D eigenvalue weighted by Gasteiger charge is -1.49. The number of aromatic amines is 1. The molecule has 1 rings (SSSR count). The summed E-state index contributed by atoms with van der Waals surface area (Å²) in [6, 6.07) is 1.83. The molecule has 0 amide bonds. The van der Waals surface area contributed by atoms with Crippen LogP contribution in [0.5, 0.6) is 0 Å². The van der Waals surface area contributed by atoms with Crippen LogP contribution < -0.4 is 0 Å². The van der Waals surface area contributed by atoms with Crippen molar-refractivity contribution in [2.75, 3.05) is 0 Å². The summed E-state index contributed by atoms with van der Waals surface area (Å²) in [5.41, 5.74) is 0. The van der Waals surface area contributed by atoms with Crippen molar-refractivity contribution in [2.24, 2.45) is 0 Å². The molecule has 0 saturated carbocycles. The van der Waals surface area contributed by atoms with Crippen LogP contribution in [-0.2, 0) is 0 Å². The molecule has 1 N–H and O–H groups in total. The minimum Gasteiger partial charge on any atom is -0.286 e. The van der Waals surface area contributed by atoms with Crippen molar-refractivity contribution in [1.29, 1.82) is 0 Å². The number of H-pyrrole nitrogens is 1. The van der Waals surface area contributed by atoms with Crippen LogP contribution in [0.2, 0.25) is 0 Å². The summed E-state index contributed by atoms with van der Waals surface area (Å²) in [5.74, 6) is 0. The Hall–Kier alpha value is -0.0600. The van der Waals surface area contributed by atoms with E-state index in [1.54, 1.807) is 12.4 Å². The summed E-state index contributed by atoms with van der Waals surface area (Å²) in [5, 5.41) is 6.21. The number of rotatable bonds is 0. The average Bonchev–Trinajstić information content (AvgIpc) is 2.23. The topological polar surface area (TPSA) is 28.7 Å². The third kappa shape index (κ3) is 5.94. The molecular weight excluding hydrogens is 215 g/mol.